The Morgan fingerprint density at radius 2 is 1.93 bits per heavy atom. The first-order valence-corrected chi connectivity index (χ1v) is 8.52. The van der Waals surface area contributed by atoms with Crippen molar-refractivity contribution in [1.29, 1.82) is 0 Å². The van der Waals surface area contributed by atoms with E-state index in [0.29, 0.717) is 6.54 Å². The number of benzene rings is 2. The molecular formula is C20H19F2N3O3. The summed E-state index contributed by atoms with van der Waals surface area (Å²) in [6.07, 6.45) is 3.56. The van der Waals surface area contributed by atoms with Gasteiger partial charge >= 0.3 is 6.61 Å². The highest BCUT2D eigenvalue weighted by Crippen LogP contribution is 2.29. The van der Waals surface area contributed by atoms with Crippen LogP contribution in [0.5, 0.6) is 11.5 Å². The third-order valence-corrected chi connectivity index (χ3v) is 4.09. The first-order chi connectivity index (χ1) is 13.6. The number of nitrogens with zero attached hydrogens (tertiary/aromatic N) is 2. The lowest BCUT2D eigenvalue weighted by atomic mass is 10.1. The zero-order valence-electron chi connectivity index (χ0n) is 15.1. The highest BCUT2D eigenvalue weighted by atomic mass is 19.3. The number of nitrogens with one attached hydrogen (secondary N) is 1. The normalized spacial score (nSPS) is 10.7. The summed E-state index contributed by atoms with van der Waals surface area (Å²) in [4.78, 5) is 12.5. The molecule has 0 spiro atoms. The molecule has 0 bridgehead atoms. The van der Waals surface area contributed by atoms with E-state index < -0.39 is 12.5 Å². The van der Waals surface area contributed by atoms with Crippen LogP contribution >= 0.6 is 0 Å². The van der Waals surface area contributed by atoms with Crippen molar-refractivity contribution in [3.05, 3.63) is 77.6 Å². The van der Waals surface area contributed by atoms with Gasteiger partial charge < -0.3 is 14.8 Å². The number of carbonyl (C=O) groups excluding carboxylic acids is 1. The van der Waals surface area contributed by atoms with Crippen molar-refractivity contribution in [3.63, 3.8) is 0 Å². The van der Waals surface area contributed by atoms with Gasteiger partial charge in [-0.2, -0.15) is 13.9 Å². The maximum absolute atomic E-state index is 12.6. The van der Waals surface area contributed by atoms with E-state index in [1.165, 1.54) is 25.3 Å². The topological polar surface area (TPSA) is 65.4 Å². The summed E-state index contributed by atoms with van der Waals surface area (Å²) in [5.41, 5.74) is 2.15. The number of carbonyl (C=O) groups is 1. The van der Waals surface area contributed by atoms with Gasteiger partial charge in [0.25, 0.3) is 5.91 Å². The minimum absolute atomic E-state index is 0.126. The van der Waals surface area contributed by atoms with Crippen molar-refractivity contribution in [2.45, 2.75) is 19.7 Å². The van der Waals surface area contributed by atoms with Crippen LogP contribution in [0.15, 0.2) is 60.9 Å². The number of hydrogen-bond donors (Lipinski definition) is 1. The van der Waals surface area contributed by atoms with Gasteiger partial charge in [0.15, 0.2) is 11.5 Å². The average molecular weight is 387 g/mol. The van der Waals surface area contributed by atoms with Gasteiger partial charge in [0.05, 0.1) is 13.7 Å². The van der Waals surface area contributed by atoms with Gasteiger partial charge in [-0.25, -0.2) is 0 Å². The second-order valence-electron chi connectivity index (χ2n) is 5.90. The van der Waals surface area contributed by atoms with Gasteiger partial charge in [0.2, 0.25) is 0 Å². The molecule has 146 valence electrons. The Labute approximate surface area is 160 Å². The zero-order chi connectivity index (χ0) is 19.9. The molecule has 1 aromatic heterocycles. The molecule has 2 aromatic carbocycles. The fourth-order valence-corrected chi connectivity index (χ4v) is 2.74. The van der Waals surface area contributed by atoms with Crippen molar-refractivity contribution in [1.82, 2.24) is 15.1 Å². The van der Waals surface area contributed by atoms with Crippen molar-refractivity contribution in [3.8, 4) is 11.5 Å². The molecule has 0 radical (unpaired) electrons. The third kappa shape index (κ3) is 4.85. The third-order valence-electron chi connectivity index (χ3n) is 4.09. The Bertz CT molecular complexity index is 930. The van der Waals surface area contributed by atoms with Gasteiger partial charge in [-0.05, 0) is 35.4 Å². The monoisotopic (exact) mass is 387 g/mol. The summed E-state index contributed by atoms with van der Waals surface area (Å²) < 4.78 is 36.3. The Kier molecular flexibility index (Phi) is 6.21. The number of alkyl halides is 2. The largest absolute Gasteiger partial charge is 0.493 e. The smallest absolute Gasteiger partial charge is 0.387 e. The molecule has 0 saturated heterocycles. The SMILES string of the molecule is COc1ccc(C(=O)NCc2ccccc2Cn2cccn2)cc1OC(F)F. The summed E-state index contributed by atoms with van der Waals surface area (Å²) in [7, 11) is 1.34. The lowest BCUT2D eigenvalue weighted by molar-refractivity contribution is -0.0512. The molecule has 3 rings (SSSR count). The van der Waals surface area contributed by atoms with Crippen molar-refractivity contribution in [2.75, 3.05) is 7.11 Å². The van der Waals surface area contributed by atoms with Crippen LogP contribution in [0.3, 0.4) is 0 Å². The highest BCUT2D eigenvalue weighted by Gasteiger charge is 2.15. The number of amides is 1. The standard InChI is InChI=1S/C20H19F2N3O3/c1-27-17-8-7-14(11-18(17)28-20(21)22)19(26)23-12-15-5-2-3-6-16(15)13-25-10-4-9-24-25/h2-11,20H,12-13H2,1H3,(H,23,26). The van der Waals surface area contributed by atoms with Gasteiger partial charge in [-0.1, -0.05) is 24.3 Å². The van der Waals surface area contributed by atoms with Crippen molar-refractivity contribution >= 4 is 5.91 Å². The average Bonchev–Trinajstić information content (AvgIpc) is 3.19. The number of rotatable bonds is 8. The van der Waals surface area contributed by atoms with Crippen LogP contribution in [0.25, 0.3) is 0 Å². The maximum Gasteiger partial charge on any atom is 0.387 e. The summed E-state index contributed by atoms with van der Waals surface area (Å²) in [5.74, 6) is -0.471. The predicted molar refractivity (Wildman–Crippen MR) is 98.6 cm³/mol. The first kappa shape index (κ1) is 19.3. The minimum atomic E-state index is -3.01. The van der Waals surface area contributed by atoms with Crippen molar-refractivity contribution in [2.24, 2.45) is 0 Å². The lowest BCUT2D eigenvalue weighted by Gasteiger charge is -2.13. The number of halogens is 2. The van der Waals surface area contributed by atoms with Crippen LogP contribution in [-0.2, 0) is 13.1 Å². The summed E-state index contributed by atoms with van der Waals surface area (Å²) in [6, 6.07) is 13.7. The minimum Gasteiger partial charge on any atom is -0.493 e. The van der Waals surface area contributed by atoms with Crippen molar-refractivity contribution < 1.29 is 23.0 Å². The molecule has 28 heavy (non-hydrogen) atoms. The van der Waals surface area contributed by atoms with E-state index in [1.807, 2.05) is 36.5 Å². The second kappa shape index (κ2) is 8.98. The Morgan fingerprint density at radius 1 is 1.14 bits per heavy atom. The quantitative estimate of drug-likeness (QED) is 0.643. The van der Waals surface area contributed by atoms with E-state index in [1.54, 1.807) is 10.9 Å². The van der Waals surface area contributed by atoms with Crippen LogP contribution in [0.4, 0.5) is 8.78 Å². The van der Waals surface area contributed by atoms with E-state index >= 15 is 0 Å². The summed E-state index contributed by atoms with van der Waals surface area (Å²) >= 11 is 0. The van der Waals surface area contributed by atoms with Crippen LogP contribution in [-0.4, -0.2) is 29.4 Å². The number of hydrogen-bond acceptors (Lipinski definition) is 4. The molecule has 0 atom stereocenters. The molecule has 8 heteroatoms. The van der Waals surface area contributed by atoms with Crippen LogP contribution in [0.1, 0.15) is 21.5 Å². The number of methoxy groups -OCH3 is 1. The molecule has 0 unspecified atom stereocenters. The van der Waals surface area contributed by atoms with Crippen LogP contribution in [0, 0.1) is 0 Å². The molecular weight excluding hydrogens is 368 g/mol. The van der Waals surface area contributed by atoms with Crippen LogP contribution < -0.4 is 14.8 Å². The molecule has 0 fully saturated rings. The van der Waals surface area contributed by atoms with Gasteiger partial charge in [0, 0.05) is 24.5 Å². The van der Waals surface area contributed by atoms with E-state index in [2.05, 4.69) is 15.2 Å². The fraction of sp³-hybridized carbons (Fsp3) is 0.200. The van der Waals surface area contributed by atoms with E-state index in [4.69, 9.17) is 4.74 Å². The van der Waals surface area contributed by atoms with Crippen LogP contribution in [0.2, 0.25) is 0 Å². The Balaban J connectivity index is 1.71. The molecule has 1 heterocycles. The number of aromatic nitrogens is 2. The molecule has 0 saturated carbocycles. The lowest BCUT2D eigenvalue weighted by Crippen LogP contribution is -2.23. The van der Waals surface area contributed by atoms with Gasteiger partial charge in [-0.15, -0.1) is 0 Å². The second-order valence-corrected chi connectivity index (χ2v) is 5.90. The van der Waals surface area contributed by atoms with E-state index in [-0.39, 0.29) is 23.6 Å². The molecule has 1 amide bonds. The predicted octanol–water partition coefficient (Wildman–Crippen LogP) is 3.47. The molecule has 0 aliphatic heterocycles. The van der Waals surface area contributed by atoms with E-state index in [0.717, 1.165) is 11.1 Å². The number of ether oxygens (including phenoxy) is 2. The first-order valence-electron chi connectivity index (χ1n) is 8.52. The Hall–Kier alpha value is -3.42. The van der Waals surface area contributed by atoms with Gasteiger partial charge in [0.1, 0.15) is 0 Å². The molecule has 0 aliphatic carbocycles. The molecule has 6 nitrogen and oxygen atoms in total. The highest BCUT2D eigenvalue weighted by molar-refractivity contribution is 5.94. The maximum atomic E-state index is 12.6. The molecule has 1 N–H and O–H groups in total. The molecule has 3 aromatic rings. The molecule has 0 aliphatic rings. The Morgan fingerprint density at radius 3 is 2.61 bits per heavy atom. The summed E-state index contributed by atoms with van der Waals surface area (Å²) in [5, 5.41) is 6.99. The zero-order valence-corrected chi connectivity index (χ0v) is 15.1. The summed E-state index contributed by atoms with van der Waals surface area (Å²) in [6.45, 7) is -2.15. The van der Waals surface area contributed by atoms with Gasteiger partial charge in [-0.3, -0.25) is 9.48 Å². The fourth-order valence-electron chi connectivity index (χ4n) is 2.74. The van der Waals surface area contributed by atoms with E-state index in [9.17, 15) is 13.6 Å².